The highest BCUT2D eigenvalue weighted by Gasteiger charge is 2.23. The van der Waals surface area contributed by atoms with Crippen molar-refractivity contribution in [2.45, 2.75) is 76.9 Å². The zero-order chi connectivity index (χ0) is 17.4. The summed E-state index contributed by atoms with van der Waals surface area (Å²) in [6.07, 6.45) is 7.87. The third kappa shape index (κ3) is 5.57. The third-order valence-electron chi connectivity index (χ3n) is 5.30. The Labute approximate surface area is 147 Å². The van der Waals surface area contributed by atoms with Crippen molar-refractivity contribution in [3.8, 4) is 5.75 Å². The molecule has 1 aromatic carbocycles. The van der Waals surface area contributed by atoms with Gasteiger partial charge < -0.3 is 4.74 Å². The normalized spacial score (nSPS) is 21.0. The number of hydrogen-bond donors (Lipinski definition) is 0. The van der Waals surface area contributed by atoms with E-state index < -0.39 is 20.4 Å². The number of rotatable bonds is 9. The van der Waals surface area contributed by atoms with E-state index in [4.69, 9.17) is 4.74 Å². The predicted molar refractivity (Wildman–Crippen MR) is 99.7 cm³/mol. The Balaban J connectivity index is 1.77. The van der Waals surface area contributed by atoms with Crippen molar-refractivity contribution in [1.82, 2.24) is 0 Å². The predicted octanol–water partition coefficient (Wildman–Crippen LogP) is 6.12. The highest BCUT2D eigenvalue weighted by molar-refractivity contribution is 6.58. The Morgan fingerprint density at radius 1 is 1.04 bits per heavy atom. The zero-order valence-electron chi connectivity index (χ0n) is 15.3. The Hall–Kier alpha value is -0.903. The number of benzene rings is 1. The lowest BCUT2D eigenvalue weighted by atomic mass is 10.0. The first-order valence-electron chi connectivity index (χ1n) is 9.75. The Morgan fingerprint density at radius 2 is 1.79 bits per heavy atom. The monoisotopic (exact) mass is 354 g/mol. The van der Waals surface area contributed by atoms with Gasteiger partial charge in [-0.2, -0.15) is 4.39 Å². The smallest absolute Gasteiger partial charge is 0.200 e. The minimum atomic E-state index is -0.816. The fourth-order valence-electron chi connectivity index (χ4n) is 3.72. The maximum atomic E-state index is 14.1. The lowest BCUT2D eigenvalue weighted by molar-refractivity contribution is 0.224. The van der Waals surface area contributed by atoms with Crippen LogP contribution in [0.25, 0.3) is 0 Å². The molecule has 0 aromatic heterocycles. The topological polar surface area (TPSA) is 9.23 Å². The summed E-state index contributed by atoms with van der Waals surface area (Å²) in [5, 5.41) is 0. The van der Waals surface area contributed by atoms with Crippen molar-refractivity contribution in [3.63, 3.8) is 0 Å². The fraction of sp³-hybridized carbons (Fsp3) is 0.700. The highest BCUT2D eigenvalue weighted by atomic mass is 28.3. The quantitative estimate of drug-likeness (QED) is 0.383. The first-order chi connectivity index (χ1) is 11.7. The van der Waals surface area contributed by atoms with Crippen LogP contribution in [0.4, 0.5) is 8.78 Å². The zero-order valence-corrected chi connectivity index (χ0v) is 16.4. The van der Waals surface area contributed by atoms with Crippen molar-refractivity contribution in [2.75, 3.05) is 6.61 Å². The second kappa shape index (κ2) is 10.2. The molecule has 24 heavy (non-hydrogen) atoms. The molecule has 4 heteroatoms. The van der Waals surface area contributed by atoms with Gasteiger partial charge in [-0.25, -0.2) is 4.39 Å². The molecule has 0 N–H and O–H groups in total. The van der Waals surface area contributed by atoms with E-state index in [0.717, 1.165) is 6.42 Å². The molecule has 136 valence electrons. The van der Waals surface area contributed by atoms with E-state index in [-0.39, 0.29) is 5.75 Å². The lowest BCUT2D eigenvalue weighted by Gasteiger charge is -2.27. The van der Waals surface area contributed by atoms with Crippen molar-refractivity contribution in [1.29, 1.82) is 0 Å². The first kappa shape index (κ1) is 19.4. The van der Waals surface area contributed by atoms with E-state index in [0.29, 0.717) is 24.5 Å². The van der Waals surface area contributed by atoms with Gasteiger partial charge in [0.05, 0.1) is 6.61 Å². The van der Waals surface area contributed by atoms with Gasteiger partial charge in [-0.05, 0) is 36.8 Å². The fourth-order valence-corrected chi connectivity index (χ4v) is 7.34. The summed E-state index contributed by atoms with van der Waals surface area (Å²) in [4.78, 5) is 0. The van der Waals surface area contributed by atoms with Crippen LogP contribution in [0.15, 0.2) is 12.1 Å². The van der Waals surface area contributed by atoms with Gasteiger partial charge in [-0.3, -0.25) is 0 Å². The van der Waals surface area contributed by atoms with Gasteiger partial charge in [-0.1, -0.05) is 63.7 Å². The summed E-state index contributed by atoms with van der Waals surface area (Å²) in [5.41, 5.74) is 0.445. The van der Waals surface area contributed by atoms with Crippen molar-refractivity contribution < 1.29 is 13.5 Å². The minimum absolute atomic E-state index is 0.0784. The molecular formula is C20H32F2OSi. The highest BCUT2D eigenvalue weighted by Crippen LogP contribution is 2.30. The number of unbranched alkanes of at least 4 members (excludes halogenated alkanes) is 2. The Kier molecular flexibility index (Phi) is 8.23. The van der Waals surface area contributed by atoms with Crippen LogP contribution >= 0.6 is 0 Å². The van der Waals surface area contributed by atoms with Crippen molar-refractivity contribution in [3.05, 3.63) is 29.3 Å². The van der Waals surface area contributed by atoms with Gasteiger partial charge in [0.25, 0.3) is 0 Å². The van der Waals surface area contributed by atoms with Crippen LogP contribution in [-0.4, -0.2) is 15.4 Å². The third-order valence-corrected chi connectivity index (χ3v) is 8.83. The minimum Gasteiger partial charge on any atom is -0.490 e. The number of ether oxygens (including phenoxy) is 1. The van der Waals surface area contributed by atoms with Gasteiger partial charge in [0.2, 0.25) is 5.82 Å². The van der Waals surface area contributed by atoms with Crippen LogP contribution in [0, 0.1) is 17.6 Å². The van der Waals surface area contributed by atoms with Crippen LogP contribution < -0.4 is 4.74 Å². The number of aryl methyl sites for hydroxylation is 1. The standard InChI is InChI=1S/C20H32F2OSi/c1-3-5-6-12-24-13-10-16(11-14-24)15-23-18-9-8-17(7-4-2)19(21)20(18)22/h8-9,16,24H,3-7,10-15H2,1-2H3. The number of halogens is 2. The molecule has 2 rings (SSSR count). The molecule has 0 spiro atoms. The van der Waals surface area contributed by atoms with Crippen LogP contribution in [-0.2, 0) is 6.42 Å². The van der Waals surface area contributed by atoms with Crippen LogP contribution in [0.5, 0.6) is 5.75 Å². The molecule has 0 saturated carbocycles. The molecule has 0 atom stereocenters. The van der Waals surface area contributed by atoms with E-state index in [2.05, 4.69) is 6.92 Å². The van der Waals surface area contributed by atoms with Crippen LogP contribution in [0.3, 0.4) is 0 Å². The van der Waals surface area contributed by atoms with E-state index in [1.54, 1.807) is 12.1 Å². The van der Waals surface area contributed by atoms with Gasteiger partial charge in [0.1, 0.15) is 0 Å². The van der Waals surface area contributed by atoms with E-state index in [1.165, 1.54) is 50.2 Å². The van der Waals surface area contributed by atoms with Crippen LogP contribution in [0.1, 0.15) is 57.9 Å². The van der Waals surface area contributed by atoms with E-state index in [1.807, 2.05) is 6.92 Å². The average Bonchev–Trinajstić information content (AvgIpc) is 2.60. The summed E-state index contributed by atoms with van der Waals surface area (Å²) >= 11 is 0. The molecule has 0 amide bonds. The average molecular weight is 355 g/mol. The molecular weight excluding hydrogens is 322 g/mol. The molecule has 0 unspecified atom stereocenters. The molecule has 1 aliphatic heterocycles. The van der Waals surface area contributed by atoms with Gasteiger partial charge in [0, 0.05) is 8.80 Å². The van der Waals surface area contributed by atoms with E-state index >= 15 is 0 Å². The molecule has 1 fully saturated rings. The lowest BCUT2D eigenvalue weighted by Crippen LogP contribution is -2.25. The number of hydrogen-bond acceptors (Lipinski definition) is 1. The summed E-state index contributed by atoms with van der Waals surface area (Å²) in [5.74, 6) is -0.961. The molecule has 1 nitrogen and oxygen atoms in total. The van der Waals surface area contributed by atoms with Gasteiger partial charge in [0.15, 0.2) is 11.6 Å². The summed E-state index contributed by atoms with van der Waals surface area (Å²) < 4.78 is 33.7. The Bertz CT molecular complexity index is 499. The first-order valence-corrected chi connectivity index (χ1v) is 12.2. The van der Waals surface area contributed by atoms with Gasteiger partial charge in [-0.15, -0.1) is 0 Å². The Morgan fingerprint density at radius 3 is 2.46 bits per heavy atom. The van der Waals surface area contributed by atoms with Crippen molar-refractivity contribution >= 4 is 8.80 Å². The summed E-state index contributed by atoms with van der Waals surface area (Å²) in [7, 11) is -0.518. The molecule has 1 aromatic rings. The summed E-state index contributed by atoms with van der Waals surface area (Å²) in [6.45, 7) is 4.75. The summed E-state index contributed by atoms with van der Waals surface area (Å²) in [6, 6.07) is 7.53. The second-order valence-corrected chi connectivity index (χ2v) is 10.8. The molecule has 0 bridgehead atoms. The SMILES string of the molecule is CCCCC[SiH]1CCC(COc2ccc(CCC)c(F)c2F)CC1. The molecule has 0 radical (unpaired) electrons. The molecule has 1 aliphatic rings. The second-order valence-electron chi connectivity index (χ2n) is 7.29. The maximum Gasteiger partial charge on any atom is 0.200 e. The van der Waals surface area contributed by atoms with Crippen molar-refractivity contribution in [2.24, 2.45) is 5.92 Å². The molecule has 1 heterocycles. The van der Waals surface area contributed by atoms with Crippen LogP contribution in [0.2, 0.25) is 18.1 Å². The maximum absolute atomic E-state index is 14.1. The molecule has 0 aliphatic carbocycles. The largest absolute Gasteiger partial charge is 0.490 e. The van der Waals surface area contributed by atoms with Gasteiger partial charge >= 0.3 is 0 Å². The van der Waals surface area contributed by atoms with E-state index in [9.17, 15) is 8.78 Å². The molecule has 1 saturated heterocycles.